The van der Waals surface area contributed by atoms with Crippen molar-refractivity contribution >= 4 is 22.4 Å². The summed E-state index contributed by atoms with van der Waals surface area (Å²) < 4.78 is 1.92. The summed E-state index contributed by atoms with van der Waals surface area (Å²) in [6.45, 7) is 0. The molecule has 4 atom stereocenters. The zero-order chi connectivity index (χ0) is 22.4. The predicted molar refractivity (Wildman–Crippen MR) is 129 cm³/mol. The lowest BCUT2D eigenvalue weighted by Gasteiger charge is -2.29. The fourth-order valence-electron chi connectivity index (χ4n) is 6.30. The first-order valence-electron chi connectivity index (χ1n) is 12.3. The Morgan fingerprint density at radius 3 is 2.55 bits per heavy atom. The number of piperidine rings is 1. The third-order valence-electron chi connectivity index (χ3n) is 7.96. The number of benzene rings is 1. The monoisotopic (exact) mass is 442 g/mol. The summed E-state index contributed by atoms with van der Waals surface area (Å²) in [5, 5.41) is 22.2. The molecule has 2 aromatic heterocycles. The number of fused-ring (bicyclic) bond motifs is 3. The van der Waals surface area contributed by atoms with E-state index in [1.165, 1.54) is 31.2 Å². The first kappa shape index (κ1) is 20.5. The van der Waals surface area contributed by atoms with Crippen LogP contribution in [0.3, 0.4) is 0 Å². The third kappa shape index (κ3) is 3.72. The van der Waals surface area contributed by atoms with E-state index in [1.54, 1.807) is 6.20 Å². The Kier molecular flexibility index (Phi) is 5.18. The fourth-order valence-corrected chi connectivity index (χ4v) is 6.30. The maximum atomic E-state index is 12.7. The standard InChI is InChI=1S/C26H30N6O/c27-15-17-3-1-2-4-22(17)32-23-11-12-28-26(33)24(23)25(31-32)30-19-7-5-16(6-8-19)18-13-20-9-10-21(14-18)29-20/h5-8,11-12,17-18,20-22,29H,1-4,9-10,13-14H2,(H,28,33)(H,30,31). The van der Waals surface area contributed by atoms with Crippen LogP contribution >= 0.6 is 0 Å². The number of nitrogens with one attached hydrogen (secondary N) is 3. The minimum Gasteiger partial charge on any atom is -0.338 e. The van der Waals surface area contributed by atoms with Gasteiger partial charge in [-0.15, -0.1) is 0 Å². The summed E-state index contributed by atoms with van der Waals surface area (Å²) in [6.07, 6.45) is 10.7. The molecular formula is C26H30N6O. The molecule has 3 N–H and O–H groups in total. The molecular weight excluding hydrogens is 412 g/mol. The highest BCUT2D eigenvalue weighted by Crippen LogP contribution is 2.38. The number of aromatic amines is 1. The Balaban J connectivity index is 1.30. The summed E-state index contributed by atoms with van der Waals surface area (Å²) in [4.78, 5) is 15.5. The quantitative estimate of drug-likeness (QED) is 0.543. The van der Waals surface area contributed by atoms with Crippen molar-refractivity contribution in [2.24, 2.45) is 5.92 Å². The second-order valence-electron chi connectivity index (χ2n) is 10.0. The minimum atomic E-state index is -0.160. The van der Waals surface area contributed by atoms with E-state index in [1.807, 2.05) is 10.7 Å². The van der Waals surface area contributed by atoms with Crippen LogP contribution < -0.4 is 16.2 Å². The van der Waals surface area contributed by atoms with Crippen LogP contribution in [0, 0.1) is 17.2 Å². The number of hydrogen-bond acceptors (Lipinski definition) is 5. The molecule has 6 rings (SSSR count). The Bertz CT molecular complexity index is 1240. The van der Waals surface area contributed by atoms with Crippen molar-refractivity contribution in [3.05, 3.63) is 52.4 Å². The number of anilines is 2. The van der Waals surface area contributed by atoms with Gasteiger partial charge in [-0.25, -0.2) is 0 Å². The molecule has 1 saturated carbocycles. The van der Waals surface area contributed by atoms with Gasteiger partial charge < -0.3 is 15.6 Å². The second-order valence-corrected chi connectivity index (χ2v) is 10.0. The van der Waals surface area contributed by atoms with E-state index >= 15 is 0 Å². The van der Waals surface area contributed by atoms with Gasteiger partial charge in [-0.3, -0.25) is 9.48 Å². The molecule has 0 amide bonds. The molecule has 1 aliphatic carbocycles. The lowest BCUT2D eigenvalue weighted by Crippen LogP contribution is -2.37. The lowest BCUT2D eigenvalue weighted by molar-refractivity contribution is 0.277. The molecule has 7 nitrogen and oxygen atoms in total. The Hall–Kier alpha value is -3.11. The molecule has 2 aliphatic heterocycles. The van der Waals surface area contributed by atoms with Gasteiger partial charge in [-0.1, -0.05) is 25.0 Å². The number of H-pyrrole nitrogens is 1. The van der Waals surface area contributed by atoms with Crippen LogP contribution in [0.1, 0.15) is 68.9 Å². The Morgan fingerprint density at radius 2 is 1.79 bits per heavy atom. The third-order valence-corrected chi connectivity index (χ3v) is 7.96. The van der Waals surface area contributed by atoms with Crippen LogP contribution in [0.25, 0.3) is 10.9 Å². The maximum absolute atomic E-state index is 12.7. The van der Waals surface area contributed by atoms with E-state index in [9.17, 15) is 10.1 Å². The van der Waals surface area contributed by atoms with E-state index in [0.717, 1.165) is 36.9 Å². The van der Waals surface area contributed by atoms with Crippen molar-refractivity contribution in [3.63, 3.8) is 0 Å². The summed E-state index contributed by atoms with van der Waals surface area (Å²) in [6, 6.07) is 14.3. The molecule has 0 spiro atoms. The van der Waals surface area contributed by atoms with Gasteiger partial charge >= 0.3 is 0 Å². The largest absolute Gasteiger partial charge is 0.338 e. The number of pyridine rings is 1. The van der Waals surface area contributed by atoms with Crippen molar-refractivity contribution in [2.45, 2.75) is 75.4 Å². The van der Waals surface area contributed by atoms with Gasteiger partial charge in [0.1, 0.15) is 5.39 Å². The number of aromatic nitrogens is 3. The van der Waals surface area contributed by atoms with E-state index in [-0.39, 0.29) is 17.5 Å². The van der Waals surface area contributed by atoms with Crippen LogP contribution in [-0.2, 0) is 0 Å². The van der Waals surface area contributed by atoms with Crippen LogP contribution in [0.2, 0.25) is 0 Å². The van der Waals surface area contributed by atoms with E-state index in [4.69, 9.17) is 5.10 Å². The highest BCUT2D eigenvalue weighted by Gasteiger charge is 2.34. The highest BCUT2D eigenvalue weighted by atomic mass is 16.1. The smallest absolute Gasteiger partial charge is 0.261 e. The van der Waals surface area contributed by atoms with E-state index < -0.39 is 0 Å². The molecule has 4 heterocycles. The van der Waals surface area contributed by atoms with Crippen molar-refractivity contribution < 1.29 is 0 Å². The molecule has 3 aromatic rings. The van der Waals surface area contributed by atoms with E-state index in [0.29, 0.717) is 29.2 Å². The number of nitriles is 1. The van der Waals surface area contributed by atoms with Crippen LogP contribution in [-0.4, -0.2) is 26.8 Å². The van der Waals surface area contributed by atoms with Crippen molar-refractivity contribution in [2.75, 3.05) is 5.32 Å². The Labute approximate surface area is 193 Å². The number of hydrogen-bond donors (Lipinski definition) is 3. The molecule has 0 radical (unpaired) electrons. The maximum Gasteiger partial charge on any atom is 0.261 e. The second kappa shape index (κ2) is 8.35. The van der Waals surface area contributed by atoms with Crippen molar-refractivity contribution in [3.8, 4) is 6.07 Å². The van der Waals surface area contributed by atoms with Gasteiger partial charge in [0.25, 0.3) is 5.56 Å². The normalized spacial score (nSPS) is 29.1. The van der Waals surface area contributed by atoms with Crippen molar-refractivity contribution in [1.29, 1.82) is 5.26 Å². The van der Waals surface area contributed by atoms with Gasteiger partial charge in [0, 0.05) is 24.0 Å². The molecule has 3 fully saturated rings. The topological polar surface area (TPSA) is 98.5 Å². The zero-order valence-corrected chi connectivity index (χ0v) is 18.8. The number of nitrogens with zero attached hydrogens (tertiary/aromatic N) is 3. The van der Waals surface area contributed by atoms with Gasteiger partial charge in [-0.2, -0.15) is 10.4 Å². The SMILES string of the molecule is N#CC1CCCCC1n1nc(Nc2ccc(C3CC4CCC(C3)N4)cc2)c2c(=O)[nH]ccc21. The molecule has 1 aromatic carbocycles. The molecule has 3 aliphatic rings. The molecule has 4 unspecified atom stereocenters. The summed E-state index contributed by atoms with van der Waals surface area (Å²) in [5.74, 6) is 1.10. The summed E-state index contributed by atoms with van der Waals surface area (Å²) in [7, 11) is 0. The minimum absolute atomic E-state index is 0.00116. The average Bonchev–Trinajstić information content (AvgIpc) is 3.39. The molecule has 170 valence electrons. The van der Waals surface area contributed by atoms with Gasteiger partial charge in [-0.05, 0) is 68.2 Å². The van der Waals surface area contributed by atoms with Crippen LogP contribution in [0.15, 0.2) is 41.3 Å². The molecule has 7 heteroatoms. The highest BCUT2D eigenvalue weighted by molar-refractivity contribution is 5.91. The first-order valence-corrected chi connectivity index (χ1v) is 12.3. The zero-order valence-electron chi connectivity index (χ0n) is 18.8. The van der Waals surface area contributed by atoms with E-state index in [2.05, 4.69) is 46.0 Å². The molecule has 2 bridgehead atoms. The summed E-state index contributed by atoms with van der Waals surface area (Å²) in [5.41, 5.74) is 2.94. The van der Waals surface area contributed by atoms with Crippen LogP contribution in [0.4, 0.5) is 11.5 Å². The van der Waals surface area contributed by atoms with Gasteiger partial charge in [0.05, 0.1) is 23.5 Å². The van der Waals surface area contributed by atoms with Gasteiger partial charge in [0.2, 0.25) is 0 Å². The van der Waals surface area contributed by atoms with Gasteiger partial charge in [0.15, 0.2) is 5.82 Å². The average molecular weight is 443 g/mol. The van der Waals surface area contributed by atoms with Crippen molar-refractivity contribution in [1.82, 2.24) is 20.1 Å². The first-order chi connectivity index (χ1) is 16.2. The molecule has 33 heavy (non-hydrogen) atoms. The summed E-state index contributed by atoms with van der Waals surface area (Å²) >= 11 is 0. The number of rotatable bonds is 4. The predicted octanol–water partition coefficient (Wildman–Crippen LogP) is 4.72. The Morgan fingerprint density at radius 1 is 1.03 bits per heavy atom. The molecule has 2 saturated heterocycles. The lowest BCUT2D eigenvalue weighted by atomic mass is 9.85. The fraction of sp³-hybridized carbons (Fsp3) is 0.500. The van der Waals surface area contributed by atoms with Crippen LogP contribution in [0.5, 0.6) is 0 Å².